The molecular weight excluding hydrogens is 332 g/mol. The molecule has 6 N–H and O–H groups in total. The van der Waals surface area contributed by atoms with Crippen molar-refractivity contribution in [3.63, 3.8) is 0 Å². The Labute approximate surface area is 92.7 Å². The summed E-state index contributed by atoms with van der Waals surface area (Å²) in [5.41, 5.74) is 0. The quantitative estimate of drug-likeness (QED) is 0.334. The summed E-state index contributed by atoms with van der Waals surface area (Å²) in [6, 6.07) is 0. The molecule has 0 fully saturated rings. The van der Waals surface area contributed by atoms with Gasteiger partial charge in [-0.1, -0.05) is 0 Å². The van der Waals surface area contributed by atoms with E-state index in [4.69, 9.17) is 29.4 Å². The van der Waals surface area contributed by atoms with Gasteiger partial charge >= 0.3 is 31.3 Å². The summed E-state index contributed by atoms with van der Waals surface area (Å²) in [4.78, 5) is 49.2. The Bertz CT molecular complexity index is 371. The van der Waals surface area contributed by atoms with Gasteiger partial charge in [0.2, 0.25) is 0 Å². The van der Waals surface area contributed by atoms with Crippen molar-refractivity contribution in [3.05, 3.63) is 0 Å². The second kappa shape index (κ2) is 5.28. The third kappa shape index (κ3) is 10.2. The van der Waals surface area contributed by atoms with Crippen molar-refractivity contribution in [1.29, 1.82) is 0 Å². The van der Waals surface area contributed by atoms with Crippen LogP contribution in [0.15, 0.2) is 0 Å². The first-order valence-corrected chi connectivity index (χ1v) is 9.08. The normalized spacial score (nSPS) is 14.9. The molecule has 0 aromatic carbocycles. The van der Waals surface area contributed by atoms with Gasteiger partial charge in [-0.2, -0.15) is 12.9 Å². The summed E-state index contributed by atoms with van der Waals surface area (Å²) in [6.45, 7) is 0. The van der Waals surface area contributed by atoms with E-state index < -0.39 is 31.3 Å². The van der Waals surface area contributed by atoms with Gasteiger partial charge in [-0.05, 0) is 0 Å². The van der Waals surface area contributed by atoms with Gasteiger partial charge in [0.05, 0.1) is 0 Å². The van der Waals surface area contributed by atoms with Crippen molar-refractivity contribution in [2.75, 3.05) is 0 Å². The van der Waals surface area contributed by atoms with Crippen LogP contribution in [0.4, 0.5) is 0 Å². The zero-order chi connectivity index (χ0) is 14.1. The topological polar surface area (TPSA) is 217 Å². The summed E-state index contributed by atoms with van der Waals surface area (Å²) < 4.78 is 51.4. The molecule has 0 rings (SSSR count). The molecule has 17 heteroatoms. The first kappa shape index (κ1) is 17.6. The summed E-state index contributed by atoms with van der Waals surface area (Å²) in [5.74, 6) is 0. The highest BCUT2D eigenvalue weighted by Crippen LogP contribution is 2.72. The van der Waals surface area contributed by atoms with Crippen LogP contribution in [0.2, 0.25) is 0 Å². The maximum absolute atomic E-state index is 11.1. The molecule has 0 unspecified atom stereocenters. The highest BCUT2D eigenvalue weighted by molar-refractivity contribution is 7.71. The van der Waals surface area contributed by atoms with Gasteiger partial charge in [0, 0.05) is 0 Å². The second-order valence-electron chi connectivity index (χ2n) is 2.16. The minimum atomic E-state index is -5.87. The monoisotopic (exact) mass is 338 g/mol. The molecule has 17 heavy (non-hydrogen) atoms. The Kier molecular flexibility index (Phi) is 5.45. The van der Waals surface area contributed by atoms with E-state index in [1.165, 1.54) is 0 Å². The number of hydrogen-bond acceptors (Lipinski definition) is 7. The Balaban J connectivity index is 5.24. The zero-order valence-electron chi connectivity index (χ0n) is 7.33. The Morgan fingerprint density at radius 2 is 0.706 bits per heavy atom. The Morgan fingerprint density at radius 1 is 0.529 bits per heavy atom. The SMILES string of the molecule is O=P(O)(O)OP(=O)(OP(=O)(O)O)OP(=O)(O)O. The third-order valence-electron chi connectivity index (χ3n) is 0.619. The van der Waals surface area contributed by atoms with Gasteiger partial charge in [-0.25, -0.2) is 18.3 Å². The molecule has 0 heterocycles. The Hall–Kier alpha value is 0.560. The molecule has 0 aromatic heterocycles. The van der Waals surface area contributed by atoms with Gasteiger partial charge in [-0.15, -0.1) is 0 Å². The minimum Gasteiger partial charge on any atom is -0.302 e. The van der Waals surface area contributed by atoms with E-state index in [2.05, 4.69) is 12.9 Å². The summed E-state index contributed by atoms with van der Waals surface area (Å²) >= 11 is 0. The lowest BCUT2D eigenvalue weighted by molar-refractivity contribution is 0.190. The van der Waals surface area contributed by atoms with Crippen molar-refractivity contribution in [2.24, 2.45) is 0 Å². The molecule has 0 aliphatic carbocycles. The van der Waals surface area contributed by atoms with E-state index in [0.717, 1.165) is 0 Å². The second-order valence-corrected chi connectivity index (χ2v) is 7.96. The van der Waals surface area contributed by atoms with Crippen LogP contribution in [0.3, 0.4) is 0 Å². The van der Waals surface area contributed by atoms with Crippen LogP contribution in [-0.4, -0.2) is 29.4 Å². The van der Waals surface area contributed by atoms with Gasteiger partial charge in [0.1, 0.15) is 0 Å². The molecule has 0 radical (unpaired) electrons. The predicted molar refractivity (Wildman–Crippen MR) is 47.0 cm³/mol. The third-order valence-corrected chi connectivity index (χ3v) is 5.57. The fourth-order valence-electron chi connectivity index (χ4n) is 0.436. The van der Waals surface area contributed by atoms with Crippen LogP contribution < -0.4 is 0 Å². The molecule has 0 spiro atoms. The van der Waals surface area contributed by atoms with Crippen LogP contribution >= 0.6 is 31.3 Å². The molecule has 104 valence electrons. The highest BCUT2D eigenvalue weighted by atomic mass is 31.3. The standard InChI is InChI=1S/H6O13P4/c1-14(2,3)11-17(10,12-15(4,5)6)13-16(7,8)9/h(H2,1,2,3)(H2,4,5,6)(H2,7,8,9). The van der Waals surface area contributed by atoms with Crippen LogP contribution in [0.5, 0.6) is 0 Å². The van der Waals surface area contributed by atoms with Crippen molar-refractivity contribution in [1.82, 2.24) is 0 Å². The molecule has 13 nitrogen and oxygen atoms in total. The van der Waals surface area contributed by atoms with E-state index in [0.29, 0.717) is 0 Å². The van der Waals surface area contributed by atoms with Crippen LogP contribution in [0, 0.1) is 0 Å². The molecule has 0 aromatic rings. The van der Waals surface area contributed by atoms with Crippen LogP contribution in [-0.2, 0) is 31.2 Å². The van der Waals surface area contributed by atoms with E-state index in [1.54, 1.807) is 0 Å². The zero-order valence-corrected chi connectivity index (χ0v) is 10.9. The molecular formula is H6O13P4. The first-order valence-electron chi connectivity index (χ1n) is 3.03. The summed E-state index contributed by atoms with van der Waals surface area (Å²) in [6.07, 6.45) is 0. The van der Waals surface area contributed by atoms with Crippen LogP contribution in [0.25, 0.3) is 0 Å². The van der Waals surface area contributed by atoms with Crippen molar-refractivity contribution in [2.45, 2.75) is 0 Å². The summed E-state index contributed by atoms with van der Waals surface area (Å²) in [7, 11) is -22.9. The van der Waals surface area contributed by atoms with Crippen molar-refractivity contribution < 1.29 is 60.6 Å². The molecule has 0 saturated heterocycles. The van der Waals surface area contributed by atoms with Crippen molar-refractivity contribution >= 4 is 31.3 Å². The molecule has 0 amide bonds. The number of rotatable bonds is 6. The lowest BCUT2D eigenvalue weighted by Gasteiger charge is -2.17. The first-order chi connectivity index (χ1) is 7.12. The van der Waals surface area contributed by atoms with Gasteiger partial charge in [0.25, 0.3) is 0 Å². The fourth-order valence-corrected chi connectivity index (χ4v) is 4.72. The maximum Gasteiger partial charge on any atom is 0.501 e. The predicted octanol–water partition coefficient (Wildman–Crippen LogP) is -0.578. The molecule has 0 bridgehead atoms. The minimum absolute atomic E-state index is 3.17. The molecule has 0 aliphatic heterocycles. The van der Waals surface area contributed by atoms with E-state index in [9.17, 15) is 18.3 Å². The number of phosphoric acid groups is 4. The molecule has 0 aliphatic rings. The van der Waals surface area contributed by atoms with E-state index in [1.807, 2.05) is 0 Å². The highest BCUT2D eigenvalue weighted by Gasteiger charge is 2.46. The average Bonchev–Trinajstić information content (AvgIpc) is 1.65. The fraction of sp³-hybridized carbons (Fsp3) is 0. The van der Waals surface area contributed by atoms with Crippen LogP contribution in [0.1, 0.15) is 0 Å². The Morgan fingerprint density at radius 3 is 0.824 bits per heavy atom. The smallest absolute Gasteiger partial charge is 0.302 e. The summed E-state index contributed by atoms with van der Waals surface area (Å²) in [5, 5.41) is 0. The van der Waals surface area contributed by atoms with Gasteiger partial charge in [0.15, 0.2) is 0 Å². The number of hydrogen-bond donors (Lipinski definition) is 6. The maximum atomic E-state index is 11.1. The average molecular weight is 338 g/mol. The largest absolute Gasteiger partial charge is 0.501 e. The van der Waals surface area contributed by atoms with Gasteiger partial charge in [-0.3, -0.25) is 0 Å². The van der Waals surface area contributed by atoms with E-state index >= 15 is 0 Å². The van der Waals surface area contributed by atoms with E-state index in [-0.39, 0.29) is 0 Å². The van der Waals surface area contributed by atoms with Gasteiger partial charge < -0.3 is 29.4 Å². The molecule has 0 atom stereocenters. The lowest BCUT2D eigenvalue weighted by atomic mass is 15.7. The molecule has 0 saturated carbocycles. The lowest BCUT2D eigenvalue weighted by Crippen LogP contribution is -1.97. The van der Waals surface area contributed by atoms with Crippen molar-refractivity contribution in [3.8, 4) is 0 Å².